The lowest BCUT2D eigenvalue weighted by Gasteiger charge is -2.38. The molecule has 0 aliphatic carbocycles. The summed E-state index contributed by atoms with van der Waals surface area (Å²) in [6, 6.07) is 0. The number of aliphatic hydroxyl groups is 1. The highest BCUT2D eigenvalue weighted by molar-refractivity contribution is 5.77. The number of amides is 1. The molecule has 0 aromatic rings. The molecule has 9 heteroatoms. The van der Waals surface area contributed by atoms with Crippen molar-refractivity contribution in [3.8, 4) is 0 Å². The molecule has 0 spiro atoms. The maximum Gasteiger partial charge on any atom is 0.417 e. The summed E-state index contributed by atoms with van der Waals surface area (Å²) >= 11 is 0. The van der Waals surface area contributed by atoms with Gasteiger partial charge in [0.2, 0.25) is 5.91 Å². The third kappa shape index (κ3) is 12.3. The van der Waals surface area contributed by atoms with Crippen molar-refractivity contribution in [2.45, 2.75) is 102 Å². The van der Waals surface area contributed by atoms with Crippen LogP contribution in [-0.4, -0.2) is 64.9 Å². The maximum absolute atomic E-state index is 12.8. The first-order chi connectivity index (χ1) is 14.6. The summed E-state index contributed by atoms with van der Waals surface area (Å²) in [6.07, 6.45) is 6.71. The molecule has 1 heterocycles. The van der Waals surface area contributed by atoms with Gasteiger partial charge in [-0.15, -0.1) is 0 Å². The number of unbranched alkanes of at least 4 members (excludes halogenated alkanes) is 10. The molecule has 1 rings (SSSR count). The van der Waals surface area contributed by atoms with E-state index in [4.69, 9.17) is 5.11 Å². The van der Waals surface area contributed by atoms with Crippen molar-refractivity contribution in [3.05, 3.63) is 0 Å². The van der Waals surface area contributed by atoms with E-state index in [9.17, 15) is 27.9 Å². The van der Waals surface area contributed by atoms with Gasteiger partial charge in [-0.25, -0.2) is 0 Å². The second-order valence-corrected chi connectivity index (χ2v) is 8.69. The van der Waals surface area contributed by atoms with Crippen molar-refractivity contribution >= 4 is 11.9 Å². The molecule has 0 unspecified atom stereocenters. The molecule has 0 bridgehead atoms. The molecule has 0 radical (unpaired) electrons. The van der Waals surface area contributed by atoms with Crippen LogP contribution in [0.2, 0.25) is 0 Å². The van der Waals surface area contributed by atoms with Crippen LogP contribution in [0.1, 0.15) is 89.9 Å². The number of alkyl halides is 3. The van der Waals surface area contributed by atoms with Gasteiger partial charge in [-0.05, 0) is 25.7 Å². The summed E-state index contributed by atoms with van der Waals surface area (Å²) in [5.41, 5.74) is -2.62. The van der Waals surface area contributed by atoms with E-state index >= 15 is 0 Å². The van der Waals surface area contributed by atoms with Crippen LogP contribution >= 0.6 is 0 Å². The van der Waals surface area contributed by atoms with Gasteiger partial charge < -0.3 is 15.5 Å². The number of nitrogens with one attached hydrogen (secondary N) is 1. The monoisotopic (exact) mass is 452 g/mol. The number of piperidine rings is 1. The van der Waals surface area contributed by atoms with Crippen LogP contribution in [0.3, 0.4) is 0 Å². The molecule has 0 saturated carbocycles. The Hall–Kier alpha value is -1.35. The van der Waals surface area contributed by atoms with E-state index in [0.29, 0.717) is 6.54 Å². The van der Waals surface area contributed by atoms with Crippen molar-refractivity contribution in [2.75, 3.05) is 26.2 Å². The first-order valence-corrected chi connectivity index (χ1v) is 11.6. The Bertz CT molecular complexity index is 521. The van der Waals surface area contributed by atoms with Crippen LogP contribution in [0.4, 0.5) is 13.2 Å². The Labute approximate surface area is 183 Å². The minimum absolute atomic E-state index is 0.0613. The van der Waals surface area contributed by atoms with E-state index in [1.54, 1.807) is 4.90 Å². The van der Waals surface area contributed by atoms with Crippen LogP contribution in [0.15, 0.2) is 0 Å². The summed E-state index contributed by atoms with van der Waals surface area (Å²) in [7, 11) is 0. The zero-order valence-electron chi connectivity index (χ0n) is 18.5. The zero-order chi connectivity index (χ0) is 23.2. The third-order valence-electron chi connectivity index (χ3n) is 5.97. The van der Waals surface area contributed by atoms with Crippen molar-refractivity contribution < 1.29 is 33.0 Å². The topological polar surface area (TPSA) is 89.9 Å². The average Bonchev–Trinajstić information content (AvgIpc) is 2.69. The number of carbonyl (C=O) groups is 2. The van der Waals surface area contributed by atoms with E-state index < -0.39 is 30.6 Å². The number of nitrogens with zero attached hydrogens (tertiary/aromatic N) is 1. The zero-order valence-corrected chi connectivity index (χ0v) is 18.5. The molecular formula is C22H39F3N2O4. The smallest absolute Gasteiger partial charge is 0.417 e. The molecule has 1 aliphatic heterocycles. The molecule has 1 fully saturated rings. The fraction of sp³-hybridized carbons (Fsp3) is 0.909. The largest absolute Gasteiger partial charge is 0.481 e. The molecule has 182 valence electrons. The lowest BCUT2D eigenvalue weighted by Crippen LogP contribution is -2.54. The SMILES string of the molecule is O=C(O)CCCCCCCCCCCCCNC(=O)CN1CCC(O)(C(F)(F)F)CC1. The molecule has 1 aliphatic rings. The van der Waals surface area contributed by atoms with E-state index in [1.165, 1.54) is 25.7 Å². The van der Waals surface area contributed by atoms with Crippen LogP contribution < -0.4 is 5.32 Å². The molecule has 3 N–H and O–H groups in total. The Morgan fingerprint density at radius 1 is 0.839 bits per heavy atom. The Morgan fingerprint density at radius 2 is 1.29 bits per heavy atom. The molecule has 0 aromatic carbocycles. The van der Waals surface area contributed by atoms with Crippen LogP contribution in [0.5, 0.6) is 0 Å². The number of aliphatic carboxylic acids is 1. The lowest BCUT2D eigenvalue weighted by molar-refractivity contribution is -0.272. The van der Waals surface area contributed by atoms with Gasteiger partial charge in [0.15, 0.2) is 5.60 Å². The predicted molar refractivity (Wildman–Crippen MR) is 113 cm³/mol. The summed E-state index contributed by atoms with van der Waals surface area (Å²) in [4.78, 5) is 24.0. The lowest BCUT2D eigenvalue weighted by atomic mass is 9.91. The number of likely N-dealkylation sites (tertiary alicyclic amines) is 1. The molecule has 1 amide bonds. The fourth-order valence-corrected chi connectivity index (χ4v) is 3.84. The van der Waals surface area contributed by atoms with Crippen molar-refractivity contribution in [1.29, 1.82) is 0 Å². The maximum atomic E-state index is 12.8. The number of hydrogen-bond acceptors (Lipinski definition) is 4. The highest BCUT2D eigenvalue weighted by atomic mass is 19.4. The summed E-state index contributed by atoms with van der Waals surface area (Å²) in [5.74, 6) is -0.898. The third-order valence-corrected chi connectivity index (χ3v) is 5.97. The van der Waals surface area contributed by atoms with Gasteiger partial charge in [0, 0.05) is 26.1 Å². The second kappa shape index (κ2) is 14.7. The fourth-order valence-electron chi connectivity index (χ4n) is 3.84. The van der Waals surface area contributed by atoms with Gasteiger partial charge >= 0.3 is 12.1 Å². The van der Waals surface area contributed by atoms with E-state index in [0.717, 1.165) is 44.9 Å². The summed E-state index contributed by atoms with van der Waals surface area (Å²) in [6.45, 7) is 0.775. The van der Waals surface area contributed by atoms with Gasteiger partial charge in [-0.1, -0.05) is 57.8 Å². The van der Waals surface area contributed by atoms with Crippen LogP contribution in [0, 0.1) is 0 Å². The van der Waals surface area contributed by atoms with Gasteiger partial charge in [-0.2, -0.15) is 13.2 Å². The number of hydrogen-bond donors (Lipinski definition) is 3. The molecule has 6 nitrogen and oxygen atoms in total. The second-order valence-electron chi connectivity index (χ2n) is 8.69. The number of carboxylic acid groups (broad SMARTS) is 1. The van der Waals surface area contributed by atoms with E-state index in [-0.39, 0.29) is 32.0 Å². The number of rotatable bonds is 16. The molecule has 0 aromatic heterocycles. The van der Waals surface area contributed by atoms with E-state index in [2.05, 4.69) is 5.32 Å². The number of carboxylic acids is 1. The van der Waals surface area contributed by atoms with Gasteiger partial charge in [0.1, 0.15) is 0 Å². The Morgan fingerprint density at radius 3 is 1.74 bits per heavy atom. The summed E-state index contributed by atoms with van der Waals surface area (Å²) in [5, 5.41) is 21.0. The Balaban J connectivity index is 1.90. The average molecular weight is 453 g/mol. The number of halogens is 3. The van der Waals surface area contributed by atoms with Crippen LogP contribution in [-0.2, 0) is 9.59 Å². The highest BCUT2D eigenvalue weighted by Gasteiger charge is 2.54. The van der Waals surface area contributed by atoms with Crippen molar-refractivity contribution in [2.24, 2.45) is 0 Å². The van der Waals surface area contributed by atoms with Crippen molar-refractivity contribution in [1.82, 2.24) is 10.2 Å². The summed E-state index contributed by atoms with van der Waals surface area (Å²) < 4.78 is 38.4. The Kier molecular flexibility index (Phi) is 13.1. The highest BCUT2D eigenvalue weighted by Crippen LogP contribution is 2.38. The van der Waals surface area contributed by atoms with Gasteiger partial charge in [-0.3, -0.25) is 14.5 Å². The quantitative estimate of drug-likeness (QED) is 0.305. The predicted octanol–water partition coefficient (Wildman–Crippen LogP) is 4.26. The van der Waals surface area contributed by atoms with Gasteiger partial charge in [0.25, 0.3) is 0 Å². The van der Waals surface area contributed by atoms with E-state index in [1.807, 2.05) is 0 Å². The first kappa shape index (κ1) is 27.7. The van der Waals surface area contributed by atoms with Crippen LogP contribution in [0.25, 0.3) is 0 Å². The molecule has 0 atom stereocenters. The molecule has 1 saturated heterocycles. The minimum atomic E-state index is -4.62. The molecular weight excluding hydrogens is 413 g/mol. The normalized spacial score (nSPS) is 16.9. The van der Waals surface area contributed by atoms with Crippen molar-refractivity contribution in [3.63, 3.8) is 0 Å². The van der Waals surface area contributed by atoms with Gasteiger partial charge in [0.05, 0.1) is 6.54 Å². The minimum Gasteiger partial charge on any atom is -0.481 e. The standard InChI is InChI=1S/C22H39F3N2O4/c23-22(24,25)21(31)13-16-27(17-14-21)18-19(28)26-15-11-9-7-5-3-1-2-4-6-8-10-12-20(29)30/h31H,1-18H2,(H,26,28)(H,29,30). The first-order valence-electron chi connectivity index (χ1n) is 11.6. The number of carbonyl (C=O) groups excluding carboxylic acids is 1. The molecule has 31 heavy (non-hydrogen) atoms.